The van der Waals surface area contributed by atoms with Crippen molar-refractivity contribution in [2.24, 2.45) is 0 Å². The summed E-state index contributed by atoms with van der Waals surface area (Å²) in [5.41, 5.74) is 2.38. The molecule has 1 amide bonds. The fourth-order valence-electron chi connectivity index (χ4n) is 2.26. The molecule has 2 aromatic heterocycles. The molecule has 0 fully saturated rings. The number of amides is 1. The standard InChI is InChI=1S/C19H19N3O2S/c1-13(2)15-7-5-14(6-8-15)12-18-21-22-19(24-18)20-17(23)10-9-16-4-3-11-25-16/h3-11,13H,12H2,1-2H3,(H,20,22,23). The molecule has 0 aliphatic heterocycles. The molecule has 25 heavy (non-hydrogen) atoms. The molecular formula is C19H19N3O2S. The molecule has 128 valence electrons. The van der Waals surface area contributed by atoms with Crippen molar-refractivity contribution in [3.63, 3.8) is 0 Å². The maximum atomic E-state index is 11.9. The van der Waals surface area contributed by atoms with Gasteiger partial charge in [-0.05, 0) is 34.6 Å². The van der Waals surface area contributed by atoms with Crippen LogP contribution in [0.5, 0.6) is 0 Å². The van der Waals surface area contributed by atoms with Crippen molar-refractivity contribution in [3.05, 3.63) is 69.7 Å². The van der Waals surface area contributed by atoms with Crippen LogP contribution in [0.15, 0.2) is 52.3 Å². The number of benzene rings is 1. The second-order valence-corrected chi connectivity index (χ2v) is 6.89. The van der Waals surface area contributed by atoms with Crippen LogP contribution < -0.4 is 5.32 Å². The average molecular weight is 353 g/mol. The van der Waals surface area contributed by atoms with Crippen LogP contribution in [-0.2, 0) is 11.2 Å². The molecule has 3 rings (SSSR count). The van der Waals surface area contributed by atoms with E-state index in [4.69, 9.17) is 4.42 Å². The highest BCUT2D eigenvalue weighted by Crippen LogP contribution is 2.17. The van der Waals surface area contributed by atoms with E-state index in [0.29, 0.717) is 18.2 Å². The quantitative estimate of drug-likeness (QED) is 0.663. The molecule has 5 nitrogen and oxygen atoms in total. The van der Waals surface area contributed by atoms with Gasteiger partial charge in [-0.25, -0.2) is 0 Å². The first-order valence-electron chi connectivity index (χ1n) is 8.04. The molecule has 0 saturated carbocycles. The van der Waals surface area contributed by atoms with Gasteiger partial charge in [0.1, 0.15) is 0 Å². The predicted molar refractivity (Wildman–Crippen MR) is 99.6 cm³/mol. The molecule has 6 heteroatoms. The SMILES string of the molecule is CC(C)c1ccc(Cc2nnc(NC(=O)C=Cc3cccs3)o2)cc1. The van der Waals surface area contributed by atoms with E-state index in [2.05, 4.69) is 53.6 Å². The Hall–Kier alpha value is -2.73. The van der Waals surface area contributed by atoms with Gasteiger partial charge in [-0.15, -0.1) is 16.4 Å². The molecule has 0 spiro atoms. The van der Waals surface area contributed by atoms with Crippen molar-refractivity contribution in [1.82, 2.24) is 10.2 Å². The third-order valence-electron chi connectivity index (χ3n) is 3.64. The summed E-state index contributed by atoms with van der Waals surface area (Å²) in [5, 5.41) is 12.4. The lowest BCUT2D eigenvalue weighted by Gasteiger charge is -2.05. The largest absolute Gasteiger partial charge is 0.407 e. The molecule has 3 aromatic rings. The van der Waals surface area contributed by atoms with Crippen molar-refractivity contribution in [2.45, 2.75) is 26.2 Å². The molecule has 0 bridgehead atoms. The lowest BCUT2D eigenvalue weighted by molar-refractivity contribution is -0.112. The summed E-state index contributed by atoms with van der Waals surface area (Å²) in [6.07, 6.45) is 3.72. The number of rotatable bonds is 6. The number of aromatic nitrogens is 2. The number of anilines is 1. The predicted octanol–water partition coefficient (Wildman–Crippen LogP) is 4.50. The molecule has 2 heterocycles. The third kappa shape index (κ3) is 4.87. The molecule has 1 N–H and O–H groups in total. The number of carbonyl (C=O) groups is 1. The Labute approximate surface area is 150 Å². The zero-order valence-corrected chi connectivity index (χ0v) is 14.9. The molecule has 0 saturated heterocycles. The highest BCUT2D eigenvalue weighted by Gasteiger charge is 2.09. The minimum absolute atomic E-state index is 0.106. The van der Waals surface area contributed by atoms with E-state index < -0.39 is 0 Å². The lowest BCUT2D eigenvalue weighted by atomic mass is 10.0. The first kappa shape index (κ1) is 17.1. The van der Waals surface area contributed by atoms with Crippen molar-refractivity contribution in [1.29, 1.82) is 0 Å². The van der Waals surface area contributed by atoms with E-state index in [-0.39, 0.29) is 11.9 Å². The Bertz CT molecular complexity index is 849. The number of nitrogens with zero attached hydrogens (tertiary/aromatic N) is 2. The maximum absolute atomic E-state index is 11.9. The Kier molecular flexibility index (Phi) is 5.40. The summed E-state index contributed by atoms with van der Waals surface area (Å²) in [5.74, 6) is 0.668. The van der Waals surface area contributed by atoms with Crippen LogP contribution in [0.1, 0.15) is 41.7 Å². The first-order valence-corrected chi connectivity index (χ1v) is 8.92. The van der Waals surface area contributed by atoms with Crippen molar-refractivity contribution in [3.8, 4) is 0 Å². The Morgan fingerprint density at radius 3 is 2.72 bits per heavy atom. The van der Waals surface area contributed by atoms with Gasteiger partial charge in [0.25, 0.3) is 5.91 Å². The zero-order chi connectivity index (χ0) is 17.6. The number of thiophene rings is 1. The highest BCUT2D eigenvalue weighted by atomic mass is 32.1. The summed E-state index contributed by atoms with van der Waals surface area (Å²) in [6.45, 7) is 4.32. The van der Waals surface area contributed by atoms with E-state index in [1.165, 1.54) is 11.6 Å². The maximum Gasteiger partial charge on any atom is 0.322 e. The topological polar surface area (TPSA) is 68.0 Å². The zero-order valence-electron chi connectivity index (χ0n) is 14.1. The summed E-state index contributed by atoms with van der Waals surface area (Å²) in [6, 6.07) is 12.3. The van der Waals surface area contributed by atoms with Crippen LogP contribution in [0, 0.1) is 0 Å². The van der Waals surface area contributed by atoms with Gasteiger partial charge in [0, 0.05) is 11.0 Å². The van der Waals surface area contributed by atoms with Crippen LogP contribution in [0.25, 0.3) is 6.08 Å². The van der Waals surface area contributed by atoms with E-state index in [9.17, 15) is 4.79 Å². The molecule has 0 atom stereocenters. The summed E-state index contributed by atoms with van der Waals surface area (Å²) in [7, 11) is 0. The summed E-state index contributed by atoms with van der Waals surface area (Å²) >= 11 is 1.56. The van der Waals surface area contributed by atoms with Gasteiger partial charge in [0.15, 0.2) is 0 Å². The van der Waals surface area contributed by atoms with Crippen LogP contribution in [-0.4, -0.2) is 16.1 Å². The monoisotopic (exact) mass is 353 g/mol. The summed E-state index contributed by atoms with van der Waals surface area (Å²) in [4.78, 5) is 12.9. The van der Waals surface area contributed by atoms with Gasteiger partial charge >= 0.3 is 6.01 Å². The van der Waals surface area contributed by atoms with Gasteiger partial charge in [-0.2, -0.15) is 0 Å². The van der Waals surface area contributed by atoms with E-state index in [0.717, 1.165) is 10.4 Å². The molecular weight excluding hydrogens is 334 g/mol. The lowest BCUT2D eigenvalue weighted by Crippen LogP contribution is -2.07. The van der Waals surface area contributed by atoms with Crippen LogP contribution >= 0.6 is 11.3 Å². The number of carbonyl (C=O) groups excluding carboxylic acids is 1. The van der Waals surface area contributed by atoms with Crippen molar-refractivity contribution in [2.75, 3.05) is 5.32 Å². The van der Waals surface area contributed by atoms with Crippen molar-refractivity contribution >= 4 is 29.3 Å². The molecule has 0 aliphatic carbocycles. The Morgan fingerprint density at radius 1 is 1.24 bits per heavy atom. The van der Waals surface area contributed by atoms with Crippen LogP contribution in [0.2, 0.25) is 0 Å². The fourth-order valence-corrected chi connectivity index (χ4v) is 2.88. The number of hydrogen-bond donors (Lipinski definition) is 1. The average Bonchev–Trinajstić information content (AvgIpc) is 3.25. The van der Waals surface area contributed by atoms with Crippen LogP contribution in [0.4, 0.5) is 6.01 Å². The molecule has 0 aliphatic rings. The number of hydrogen-bond acceptors (Lipinski definition) is 5. The van der Waals surface area contributed by atoms with Gasteiger partial charge in [-0.1, -0.05) is 49.3 Å². The van der Waals surface area contributed by atoms with E-state index in [1.807, 2.05) is 17.5 Å². The van der Waals surface area contributed by atoms with Gasteiger partial charge in [0.05, 0.1) is 6.42 Å². The molecule has 0 radical (unpaired) electrons. The van der Waals surface area contributed by atoms with Crippen molar-refractivity contribution < 1.29 is 9.21 Å². The first-order chi connectivity index (χ1) is 12.1. The van der Waals surface area contributed by atoms with E-state index >= 15 is 0 Å². The second kappa shape index (κ2) is 7.90. The Balaban J connectivity index is 1.57. The highest BCUT2D eigenvalue weighted by molar-refractivity contribution is 7.10. The Morgan fingerprint density at radius 2 is 2.04 bits per heavy atom. The van der Waals surface area contributed by atoms with Gasteiger partial charge in [0.2, 0.25) is 5.89 Å². The summed E-state index contributed by atoms with van der Waals surface area (Å²) < 4.78 is 5.49. The number of nitrogens with one attached hydrogen (secondary N) is 1. The molecule has 1 aromatic carbocycles. The molecule has 0 unspecified atom stereocenters. The minimum atomic E-state index is -0.301. The normalized spacial score (nSPS) is 11.3. The van der Waals surface area contributed by atoms with Crippen LogP contribution in [0.3, 0.4) is 0 Å². The second-order valence-electron chi connectivity index (χ2n) is 5.91. The fraction of sp³-hybridized carbons (Fsp3) is 0.211. The van der Waals surface area contributed by atoms with E-state index in [1.54, 1.807) is 17.4 Å². The smallest absolute Gasteiger partial charge is 0.322 e. The minimum Gasteiger partial charge on any atom is -0.407 e. The van der Waals surface area contributed by atoms with Gasteiger partial charge in [-0.3, -0.25) is 10.1 Å². The third-order valence-corrected chi connectivity index (χ3v) is 4.48. The van der Waals surface area contributed by atoms with Gasteiger partial charge < -0.3 is 4.42 Å².